The fourth-order valence-corrected chi connectivity index (χ4v) is 6.87. The van der Waals surface area contributed by atoms with Crippen LogP contribution in [0.15, 0.2) is 107 Å². The van der Waals surface area contributed by atoms with Crippen LogP contribution >= 0.6 is 8.25 Å². The summed E-state index contributed by atoms with van der Waals surface area (Å²) >= 11 is 0. The Kier molecular flexibility index (Phi) is 11.5. The molecule has 2 aliphatic heterocycles. The van der Waals surface area contributed by atoms with E-state index in [9.17, 15) is 4.57 Å². The van der Waals surface area contributed by atoms with Crippen LogP contribution in [0.25, 0.3) is 0 Å². The first-order valence-electron chi connectivity index (χ1n) is 17.5. The maximum atomic E-state index is 13.4. The van der Waals surface area contributed by atoms with Gasteiger partial charge in [0.2, 0.25) is 11.5 Å². The number of unbranched alkanes of at least 4 members (excludes halogenated alkanes) is 2. The largest absolute Gasteiger partial charge is 0.805 e. The second-order valence-electron chi connectivity index (χ2n) is 12.5. The summed E-state index contributed by atoms with van der Waals surface area (Å²) in [7, 11) is -2.54. The molecule has 0 fully saturated rings. The molecular weight excluding hydrogens is 615 g/mol. The first kappa shape index (κ1) is 33.4. The molecule has 0 amide bonds. The molecule has 0 saturated carbocycles. The summed E-state index contributed by atoms with van der Waals surface area (Å²) in [4.78, 5) is 0. The Bertz CT molecular complexity index is 1610. The Labute approximate surface area is 286 Å². The number of hydrogen-bond acceptors (Lipinski definition) is 7. The fraction of sp³-hybridized carbons (Fsp3) is 0.350. The minimum Gasteiger partial charge on any atom is -0.261 e. The van der Waals surface area contributed by atoms with Crippen LogP contribution in [-0.2, 0) is 17.4 Å². The van der Waals surface area contributed by atoms with Gasteiger partial charge in [0.05, 0.1) is 11.4 Å². The van der Waals surface area contributed by atoms with Gasteiger partial charge in [0.1, 0.15) is 11.4 Å². The minimum absolute atomic E-state index is 0.469. The summed E-state index contributed by atoms with van der Waals surface area (Å²) < 4.78 is 25.4. The maximum absolute atomic E-state index is 13.4. The van der Waals surface area contributed by atoms with Gasteiger partial charge in [-0.05, 0) is 97.9 Å². The van der Waals surface area contributed by atoms with E-state index in [0.29, 0.717) is 11.5 Å². The van der Waals surface area contributed by atoms with Crippen LogP contribution in [0.4, 0.5) is 11.4 Å². The van der Waals surface area contributed by atoms with Crippen LogP contribution in [0.3, 0.4) is 0 Å². The molecule has 8 heteroatoms. The van der Waals surface area contributed by atoms with Crippen LogP contribution in [0.5, 0.6) is 11.5 Å². The maximum Gasteiger partial charge on any atom is 0.805 e. The lowest BCUT2D eigenvalue weighted by molar-refractivity contribution is 0.415. The summed E-state index contributed by atoms with van der Waals surface area (Å²) in [6, 6.07) is 32.7. The van der Waals surface area contributed by atoms with Gasteiger partial charge in [-0.2, -0.15) is 10.2 Å². The zero-order valence-corrected chi connectivity index (χ0v) is 29.1. The van der Waals surface area contributed by atoms with Gasteiger partial charge >= 0.3 is 8.25 Å². The molecular formula is C40H46N4O3P+. The number of hydrogen-bond donors (Lipinski definition) is 0. The molecule has 0 unspecified atom stereocenters. The summed E-state index contributed by atoms with van der Waals surface area (Å²) in [5.41, 5.74) is 8.61. The van der Waals surface area contributed by atoms with E-state index in [4.69, 9.17) is 19.3 Å². The second-order valence-corrected chi connectivity index (χ2v) is 13.3. The van der Waals surface area contributed by atoms with Crippen molar-refractivity contribution in [3.8, 4) is 11.5 Å². The Hall–Kier alpha value is -4.48. The molecule has 4 aromatic carbocycles. The van der Waals surface area contributed by atoms with Crippen LogP contribution in [0, 0.1) is 0 Å². The summed E-state index contributed by atoms with van der Waals surface area (Å²) in [6.07, 6.45) is 10.7. The highest BCUT2D eigenvalue weighted by atomic mass is 31.1. The third-order valence-electron chi connectivity index (χ3n) is 8.89. The Morgan fingerprint density at radius 3 is 1.44 bits per heavy atom. The lowest BCUT2D eigenvalue weighted by Gasteiger charge is -2.26. The van der Waals surface area contributed by atoms with Crippen molar-refractivity contribution < 1.29 is 13.6 Å². The third kappa shape index (κ3) is 8.51. The van der Waals surface area contributed by atoms with Crippen molar-refractivity contribution in [3.63, 3.8) is 0 Å². The number of aryl methyl sites for hydroxylation is 2. The monoisotopic (exact) mass is 661 g/mol. The zero-order valence-electron chi connectivity index (χ0n) is 28.2. The van der Waals surface area contributed by atoms with E-state index in [1.165, 1.54) is 36.8 Å². The van der Waals surface area contributed by atoms with Gasteiger partial charge in [-0.1, -0.05) is 99.5 Å². The molecule has 2 heterocycles. The van der Waals surface area contributed by atoms with E-state index in [1.54, 1.807) is 0 Å². The van der Waals surface area contributed by atoms with Crippen LogP contribution < -0.4 is 19.1 Å². The van der Waals surface area contributed by atoms with Crippen molar-refractivity contribution in [2.75, 3.05) is 23.1 Å². The molecule has 0 N–H and O–H groups in total. The highest BCUT2D eigenvalue weighted by Gasteiger charge is 2.31. The van der Waals surface area contributed by atoms with Gasteiger partial charge in [0, 0.05) is 17.7 Å². The molecule has 4 aromatic rings. The predicted molar refractivity (Wildman–Crippen MR) is 198 cm³/mol. The lowest BCUT2D eigenvalue weighted by Crippen LogP contribution is -2.26. The Morgan fingerprint density at radius 2 is 1.02 bits per heavy atom. The topological polar surface area (TPSA) is 66.7 Å². The molecule has 0 saturated heterocycles. The molecule has 6 rings (SSSR count). The van der Waals surface area contributed by atoms with Gasteiger partial charge < -0.3 is 0 Å². The normalized spacial score (nSPS) is 14.7. The van der Waals surface area contributed by atoms with Crippen molar-refractivity contribution in [3.05, 3.63) is 119 Å². The number of nitrogens with zero attached hydrogens (tertiary/aromatic N) is 4. The molecule has 7 nitrogen and oxygen atoms in total. The predicted octanol–water partition coefficient (Wildman–Crippen LogP) is 10.5. The van der Waals surface area contributed by atoms with Crippen molar-refractivity contribution in [1.29, 1.82) is 0 Å². The molecule has 0 spiro atoms. The highest BCUT2D eigenvalue weighted by molar-refractivity contribution is 7.34. The molecule has 0 bridgehead atoms. The third-order valence-corrected chi connectivity index (χ3v) is 9.59. The Balaban J connectivity index is 1.15. The van der Waals surface area contributed by atoms with Crippen LogP contribution in [-0.4, -0.2) is 24.5 Å². The average Bonchev–Trinajstić information content (AvgIpc) is 3.14. The molecule has 0 radical (unpaired) electrons. The van der Waals surface area contributed by atoms with Gasteiger partial charge in [-0.25, -0.2) is 9.05 Å². The van der Waals surface area contributed by atoms with Crippen LogP contribution in [0.2, 0.25) is 0 Å². The molecule has 0 atom stereocenters. The number of anilines is 2. The summed E-state index contributed by atoms with van der Waals surface area (Å²) in [6.45, 7) is 5.93. The van der Waals surface area contributed by atoms with E-state index in [2.05, 4.69) is 62.4 Å². The van der Waals surface area contributed by atoms with Crippen molar-refractivity contribution in [2.45, 2.75) is 78.1 Å². The van der Waals surface area contributed by atoms with Gasteiger partial charge in [0.15, 0.2) is 0 Å². The van der Waals surface area contributed by atoms with E-state index in [0.717, 1.165) is 85.5 Å². The number of para-hydroxylation sites is 4. The lowest BCUT2D eigenvalue weighted by atomic mass is 10.0. The van der Waals surface area contributed by atoms with Crippen molar-refractivity contribution >= 4 is 31.1 Å². The number of benzene rings is 4. The van der Waals surface area contributed by atoms with Gasteiger partial charge in [0.25, 0.3) is 0 Å². The highest BCUT2D eigenvalue weighted by Crippen LogP contribution is 2.41. The Morgan fingerprint density at radius 1 is 0.604 bits per heavy atom. The minimum atomic E-state index is -2.54. The SMILES string of the molecule is CCCCc1ccc(C2=NN(c3ccccc3O[P+](=O)Oc3ccccc3N3CCCC(c4ccc(CCCC)cc4)=N3)CCC2)cc1. The van der Waals surface area contributed by atoms with Gasteiger partial charge in [-0.15, -0.1) is 0 Å². The molecule has 0 aromatic heterocycles. The molecule has 0 aliphatic carbocycles. The van der Waals surface area contributed by atoms with Crippen LogP contribution in [0.1, 0.15) is 87.5 Å². The molecule has 248 valence electrons. The fourth-order valence-electron chi connectivity index (χ4n) is 6.20. The van der Waals surface area contributed by atoms with Crippen molar-refractivity contribution in [2.24, 2.45) is 10.2 Å². The van der Waals surface area contributed by atoms with Gasteiger partial charge in [-0.3, -0.25) is 10.0 Å². The van der Waals surface area contributed by atoms with Crippen molar-refractivity contribution in [1.82, 2.24) is 0 Å². The van der Waals surface area contributed by atoms with E-state index < -0.39 is 8.25 Å². The van der Waals surface area contributed by atoms with E-state index in [-0.39, 0.29) is 0 Å². The van der Waals surface area contributed by atoms with E-state index >= 15 is 0 Å². The quantitative estimate of drug-likeness (QED) is 0.126. The smallest absolute Gasteiger partial charge is 0.261 e. The molecule has 2 aliphatic rings. The zero-order chi connectivity index (χ0) is 33.1. The standard InChI is InChI=1S/C40H46N4O3P/c1-3-5-13-31-21-25-33(26-22-31)35-15-11-29-43(41-35)37-17-7-9-19-39(37)46-48(45)47-40-20-10-8-18-38(40)44-30-12-16-36(42-44)34-27-23-32(24-28-34)14-6-4-2/h7-10,17-28H,3-6,11-16,29-30H2,1-2H3/q+1. The second kappa shape index (κ2) is 16.6. The van der Waals surface area contributed by atoms with E-state index in [1.807, 2.05) is 58.5 Å². The number of hydrazone groups is 2. The number of rotatable bonds is 14. The average molecular weight is 662 g/mol. The summed E-state index contributed by atoms with van der Waals surface area (Å²) in [5, 5.41) is 13.9. The summed E-state index contributed by atoms with van der Waals surface area (Å²) in [5.74, 6) is 0.938. The first-order valence-corrected chi connectivity index (χ1v) is 18.6. The first-order chi connectivity index (χ1) is 23.6. The molecule has 48 heavy (non-hydrogen) atoms.